The standard InChI is InChI=1S/C10H17N3O/c1-7(2)10-13-12-9(14-10)5-6-11-8-3-4-8/h7-8,11H,3-6H2,1-2H3. The Morgan fingerprint density at radius 3 is 2.79 bits per heavy atom. The van der Waals surface area contributed by atoms with Crippen molar-refractivity contribution >= 4 is 0 Å². The fourth-order valence-electron chi connectivity index (χ4n) is 1.27. The lowest BCUT2D eigenvalue weighted by molar-refractivity contribution is 0.427. The van der Waals surface area contributed by atoms with Crippen LogP contribution in [-0.4, -0.2) is 22.8 Å². The second kappa shape index (κ2) is 4.09. The van der Waals surface area contributed by atoms with E-state index in [-0.39, 0.29) is 0 Å². The van der Waals surface area contributed by atoms with Crippen molar-refractivity contribution in [2.45, 2.75) is 45.1 Å². The van der Waals surface area contributed by atoms with Gasteiger partial charge in [0.1, 0.15) is 0 Å². The molecule has 1 heterocycles. The molecule has 0 aliphatic heterocycles. The second-order valence-electron chi connectivity index (χ2n) is 4.17. The van der Waals surface area contributed by atoms with E-state index >= 15 is 0 Å². The molecule has 4 heteroatoms. The van der Waals surface area contributed by atoms with Gasteiger partial charge in [-0.1, -0.05) is 13.8 Å². The van der Waals surface area contributed by atoms with E-state index in [1.165, 1.54) is 12.8 Å². The van der Waals surface area contributed by atoms with E-state index in [4.69, 9.17) is 4.42 Å². The Bertz CT molecular complexity index is 291. The number of rotatable bonds is 5. The minimum atomic E-state index is 0.327. The molecule has 1 aromatic heterocycles. The van der Waals surface area contributed by atoms with Crippen LogP contribution in [0.4, 0.5) is 0 Å². The van der Waals surface area contributed by atoms with E-state index in [9.17, 15) is 0 Å². The number of aromatic nitrogens is 2. The molecule has 0 radical (unpaired) electrons. The lowest BCUT2D eigenvalue weighted by atomic mass is 10.2. The molecule has 78 valence electrons. The average Bonchev–Trinajstić information content (AvgIpc) is 2.82. The number of nitrogens with one attached hydrogen (secondary N) is 1. The van der Waals surface area contributed by atoms with Gasteiger partial charge in [-0.25, -0.2) is 0 Å². The molecule has 14 heavy (non-hydrogen) atoms. The minimum absolute atomic E-state index is 0.327. The van der Waals surface area contributed by atoms with Gasteiger partial charge in [0.2, 0.25) is 11.8 Å². The predicted molar refractivity (Wildman–Crippen MR) is 53.1 cm³/mol. The van der Waals surface area contributed by atoms with Crippen LogP contribution in [-0.2, 0) is 6.42 Å². The third-order valence-electron chi connectivity index (χ3n) is 2.33. The minimum Gasteiger partial charge on any atom is -0.425 e. The molecule has 1 saturated carbocycles. The largest absolute Gasteiger partial charge is 0.425 e. The van der Waals surface area contributed by atoms with E-state index < -0.39 is 0 Å². The van der Waals surface area contributed by atoms with Crippen LogP contribution >= 0.6 is 0 Å². The second-order valence-corrected chi connectivity index (χ2v) is 4.17. The highest BCUT2D eigenvalue weighted by Crippen LogP contribution is 2.18. The fraction of sp³-hybridized carbons (Fsp3) is 0.800. The van der Waals surface area contributed by atoms with Gasteiger partial charge in [-0.2, -0.15) is 0 Å². The molecule has 1 aliphatic carbocycles. The molecule has 4 nitrogen and oxygen atoms in total. The molecule has 1 fully saturated rings. The van der Waals surface area contributed by atoms with Crippen molar-refractivity contribution in [3.63, 3.8) is 0 Å². The van der Waals surface area contributed by atoms with Gasteiger partial charge in [0.05, 0.1) is 0 Å². The first-order chi connectivity index (χ1) is 6.75. The number of nitrogens with zero attached hydrogens (tertiary/aromatic N) is 2. The lowest BCUT2D eigenvalue weighted by Crippen LogP contribution is -2.19. The Labute approximate surface area is 84.1 Å². The molecule has 1 aromatic rings. The summed E-state index contributed by atoms with van der Waals surface area (Å²) in [4.78, 5) is 0. The highest BCUT2D eigenvalue weighted by Gasteiger charge is 2.20. The molecule has 2 rings (SSSR count). The van der Waals surface area contributed by atoms with Gasteiger partial charge in [0.15, 0.2) is 0 Å². The van der Waals surface area contributed by atoms with E-state index in [1.807, 2.05) is 0 Å². The topological polar surface area (TPSA) is 51.0 Å². The van der Waals surface area contributed by atoms with Crippen LogP contribution in [0.5, 0.6) is 0 Å². The fourth-order valence-corrected chi connectivity index (χ4v) is 1.27. The quantitative estimate of drug-likeness (QED) is 0.773. The van der Waals surface area contributed by atoms with Crippen molar-refractivity contribution in [2.75, 3.05) is 6.54 Å². The number of hydrogen-bond donors (Lipinski definition) is 1. The molecule has 0 saturated heterocycles. The highest BCUT2D eigenvalue weighted by molar-refractivity contribution is 4.88. The van der Waals surface area contributed by atoms with Gasteiger partial charge in [0, 0.05) is 24.9 Å². The Balaban J connectivity index is 1.77. The number of hydrogen-bond acceptors (Lipinski definition) is 4. The molecule has 0 atom stereocenters. The maximum absolute atomic E-state index is 5.49. The van der Waals surface area contributed by atoms with Crippen LogP contribution in [0.1, 0.15) is 44.4 Å². The van der Waals surface area contributed by atoms with E-state index in [1.54, 1.807) is 0 Å². The van der Waals surface area contributed by atoms with E-state index in [0.29, 0.717) is 5.92 Å². The van der Waals surface area contributed by atoms with Crippen LogP contribution in [0.3, 0.4) is 0 Å². The summed E-state index contributed by atoms with van der Waals surface area (Å²) in [6.45, 7) is 5.06. The van der Waals surface area contributed by atoms with Crippen LogP contribution in [0.2, 0.25) is 0 Å². The molecular formula is C10H17N3O. The van der Waals surface area contributed by atoms with Crippen LogP contribution in [0.15, 0.2) is 4.42 Å². The van der Waals surface area contributed by atoms with Crippen LogP contribution in [0, 0.1) is 0 Å². The molecule has 1 aliphatic rings. The molecule has 1 N–H and O–H groups in total. The first kappa shape index (κ1) is 9.65. The summed E-state index contributed by atoms with van der Waals surface area (Å²) in [5, 5.41) is 11.4. The van der Waals surface area contributed by atoms with Crippen LogP contribution < -0.4 is 5.32 Å². The van der Waals surface area contributed by atoms with Gasteiger partial charge < -0.3 is 9.73 Å². The predicted octanol–water partition coefficient (Wildman–Crippen LogP) is 1.49. The van der Waals surface area contributed by atoms with Gasteiger partial charge in [0.25, 0.3) is 0 Å². The first-order valence-electron chi connectivity index (χ1n) is 5.31. The smallest absolute Gasteiger partial charge is 0.219 e. The van der Waals surface area contributed by atoms with E-state index in [2.05, 4.69) is 29.4 Å². The lowest BCUT2D eigenvalue weighted by Gasteiger charge is -1.98. The summed E-state index contributed by atoms with van der Waals surface area (Å²) >= 11 is 0. The van der Waals surface area contributed by atoms with Crippen molar-refractivity contribution in [2.24, 2.45) is 0 Å². The van der Waals surface area contributed by atoms with Crippen molar-refractivity contribution in [3.05, 3.63) is 11.8 Å². The summed E-state index contributed by atoms with van der Waals surface area (Å²) < 4.78 is 5.49. The third kappa shape index (κ3) is 2.54. The Morgan fingerprint density at radius 2 is 2.21 bits per heavy atom. The van der Waals surface area contributed by atoms with Gasteiger partial charge in [-0.3, -0.25) is 0 Å². The van der Waals surface area contributed by atoms with Gasteiger partial charge in [-0.05, 0) is 12.8 Å². The third-order valence-corrected chi connectivity index (χ3v) is 2.33. The van der Waals surface area contributed by atoms with E-state index in [0.717, 1.165) is 30.8 Å². The Morgan fingerprint density at radius 1 is 1.43 bits per heavy atom. The average molecular weight is 195 g/mol. The van der Waals surface area contributed by atoms with Crippen molar-refractivity contribution < 1.29 is 4.42 Å². The zero-order valence-corrected chi connectivity index (χ0v) is 8.79. The normalized spacial score (nSPS) is 16.5. The van der Waals surface area contributed by atoms with Crippen molar-refractivity contribution in [1.82, 2.24) is 15.5 Å². The summed E-state index contributed by atoms with van der Waals surface area (Å²) in [5.74, 6) is 1.82. The maximum Gasteiger partial charge on any atom is 0.219 e. The summed E-state index contributed by atoms with van der Waals surface area (Å²) in [6, 6.07) is 0.752. The van der Waals surface area contributed by atoms with Crippen molar-refractivity contribution in [3.8, 4) is 0 Å². The zero-order valence-electron chi connectivity index (χ0n) is 8.79. The molecule has 0 spiro atoms. The Hall–Kier alpha value is -0.900. The Kier molecular flexibility index (Phi) is 2.82. The SMILES string of the molecule is CC(C)c1nnc(CCNC2CC2)o1. The summed E-state index contributed by atoms with van der Waals surface area (Å²) in [7, 11) is 0. The van der Waals surface area contributed by atoms with Crippen molar-refractivity contribution in [1.29, 1.82) is 0 Å². The monoisotopic (exact) mass is 195 g/mol. The van der Waals surface area contributed by atoms with Gasteiger partial charge in [-0.15, -0.1) is 10.2 Å². The summed E-state index contributed by atoms with van der Waals surface area (Å²) in [5.41, 5.74) is 0. The molecule has 0 unspecified atom stereocenters. The van der Waals surface area contributed by atoms with Gasteiger partial charge >= 0.3 is 0 Å². The molecule has 0 amide bonds. The molecule has 0 bridgehead atoms. The summed E-state index contributed by atoms with van der Waals surface area (Å²) in [6.07, 6.45) is 3.48. The highest BCUT2D eigenvalue weighted by atomic mass is 16.4. The maximum atomic E-state index is 5.49. The van der Waals surface area contributed by atoms with Crippen LogP contribution in [0.25, 0.3) is 0 Å². The molecule has 0 aromatic carbocycles. The zero-order chi connectivity index (χ0) is 9.97. The first-order valence-corrected chi connectivity index (χ1v) is 5.31. The molecular weight excluding hydrogens is 178 g/mol.